The van der Waals surface area contributed by atoms with E-state index in [0.29, 0.717) is 11.8 Å². The van der Waals surface area contributed by atoms with Gasteiger partial charge in [-0.2, -0.15) is 0 Å². The van der Waals surface area contributed by atoms with Crippen molar-refractivity contribution in [2.24, 2.45) is 17.3 Å². The SMILES string of the molecule is CC1CCC2C(C)(C)C2(Oc2c([N+]#N)ccc(C(=O)O)c2O)C1.F[B-](F)(F)F. The molecule has 1 aromatic rings. The van der Waals surface area contributed by atoms with Gasteiger partial charge in [-0.3, -0.25) is 0 Å². The Morgan fingerprint density at radius 1 is 1.29 bits per heavy atom. The van der Waals surface area contributed by atoms with E-state index in [-0.39, 0.29) is 22.4 Å². The minimum atomic E-state index is -6.00. The fourth-order valence-corrected chi connectivity index (χ4v) is 4.33. The van der Waals surface area contributed by atoms with Gasteiger partial charge in [-0.25, -0.2) is 4.79 Å². The number of nitrogens with zero attached hydrogens (tertiary/aromatic N) is 2. The monoisotopic (exact) mass is 404 g/mol. The minimum Gasteiger partial charge on any atom is -0.503 e. The van der Waals surface area contributed by atoms with Crippen molar-refractivity contribution in [1.82, 2.24) is 0 Å². The highest BCUT2D eigenvalue weighted by Gasteiger charge is 2.74. The van der Waals surface area contributed by atoms with Gasteiger partial charge in [0.2, 0.25) is 5.39 Å². The van der Waals surface area contributed by atoms with Gasteiger partial charge in [0.1, 0.15) is 11.2 Å². The number of aromatic carboxylic acids is 1. The van der Waals surface area contributed by atoms with Crippen molar-refractivity contribution >= 4 is 18.9 Å². The summed E-state index contributed by atoms with van der Waals surface area (Å²) in [5.74, 6) is -0.935. The highest BCUT2D eigenvalue weighted by Crippen LogP contribution is 2.71. The summed E-state index contributed by atoms with van der Waals surface area (Å²) in [7, 11) is -6.00. The topological polar surface area (TPSA) is 94.9 Å². The lowest BCUT2D eigenvalue weighted by molar-refractivity contribution is 0.0682. The van der Waals surface area contributed by atoms with E-state index in [1.165, 1.54) is 12.1 Å². The minimum absolute atomic E-state index is 0.0431. The quantitative estimate of drug-likeness (QED) is 0.396. The first-order valence-electron chi connectivity index (χ1n) is 8.75. The Morgan fingerprint density at radius 2 is 1.86 bits per heavy atom. The van der Waals surface area contributed by atoms with Crippen LogP contribution in [-0.4, -0.2) is 29.0 Å². The van der Waals surface area contributed by atoms with Crippen LogP contribution in [0, 0.1) is 22.6 Å². The van der Waals surface area contributed by atoms with Gasteiger partial charge in [-0.1, -0.05) is 27.2 Å². The predicted molar refractivity (Wildman–Crippen MR) is 93.6 cm³/mol. The highest BCUT2D eigenvalue weighted by molar-refractivity contribution is 6.50. The predicted octanol–water partition coefficient (Wildman–Crippen LogP) is 5.47. The average molecular weight is 404 g/mol. The first kappa shape index (κ1) is 21.8. The largest absolute Gasteiger partial charge is 0.673 e. The molecule has 3 unspecified atom stereocenters. The van der Waals surface area contributed by atoms with Crippen LogP contribution in [0.4, 0.5) is 23.0 Å². The summed E-state index contributed by atoms with van der Waals surface area (Å²) < 4.78 is 45.2. The van der Waals surface area contributed by atoms with E-state index < -0.39 is 24.6 Å². The molecule has 6 nitrogen and oxygen atoms in total. The Kier molecular flexibility index (Phi) is 5.56. The van der Waals surface area contributed by atoms with Crippen molar-refractivity contribution in [3.05, 3.63) is 22.7 Å². The number of fused-ring (bicyclic) bond motifs is 1. The van der Waals surface area contributed by atoms with Gasteiger partial charge in [0.25, 0.3) is 5.75 Å². The standard InChI is InChI=1S/C17H20N2O4.BF4/c1-9-4-7-12-16(2,3)17(12,8-9)23-14-11(19-18)6-5-10(13(14)20)15(21)22;2-1(3,4)5/h5-6,9,12H,4,7-8H2,1-3H3,(H-,20,21,22);/q;-1/p+1. The highest BCUT2D eigenvalue weighted by atomic mass is 19.5. The number of rotatable bonds is 3. The third-order valence-electron chi connectivity index (χ3n) is 5.77. The molecule has 0 radical (unpaired) electrons. The molecule has 2 N–H and O–H groups in total. The number of ether oxygens (including phenoxy) is 1. The lowest BCUT2D eigenvalue weighted by atomic mass is 9.88. The van der Waals surface area contributed by atoms with E-state index in [1.54, 1.807) is 0 Å². The number of benzene rings is 1. The summed E-state index contributed by atoms with van der Waals surface area (Å²) in [4.78, 5) is 14.4. The Labute approximate surface area is 159 Å². The molecule has 0 spiro atoms. The number of hydrogen-bond acceptors (Lipinski definition) is 4. The summed E-state index contributed by atoms with van der Waals surface area (Å²) in [5.41, 5.74) is -0.723. The Balaban J connectivity index is 0.000000500. The van der Waals surface area contributed by atoms with Gasteiger partial charge in [-0.05, 0) is 24.8 Å². The zero-order valence-corrected chi connectivity index (χ0v) is 15.6. The van der Waals surface area contributed by atoms with Crippen molar-refractivity contribution in [3.8, 4) is 11.5 Å². The van der Waals surface area contributed by atoms with E-state index in [9.17, 15) is 32.3 Å². The second-order valence-electron chi connectivity index (χ2n) is 7.86. The molecule has 3 rings (SSSR count). The number of diazo groups is 1. The number of aromatic hydroxyl groups is 1. The maximum atomic E-state index is 11.2. The summed E-state index contributed by atoms with van der Waals surface area (Å²) in [6, 6.07) is 2.54. The molecule has 0 aliphatic heterocycles. The molecule has 0 heterocycles. The van der Waals surface area contributed by atoms with Crippen molar-refractivity contribution in [1.29, 1.82) is 5.39 Å². The van der Waals surface area contributed by atoms with Gasteiger partial charge < -0.3 is 32.2 Å². The molecule has 0 aromatic heterocycles. The summed E-state index contributed by atoms with van der Waals surface area (Å²) >= 11 is 0. The van der Waals surface area contributed by atoms with Crippen LogP contribution in [0.3, 0.4) is 0 Å². The van der Waals surface area contributed by atoms with Crippen LogP contribution in [0.2, 0.25) is 0 Å². The van der Waals surface area contributed by atoms with Crippen molar-refractivity contribution in [3.63, 3.8) is 0 Å². The molecule has 28 heavy (non-hydrogen) atoms. The summed E-state index contributed by atoms with van der Waals surface area (Å²) in [6.45, 7) is 6.42. The van der Waals surface area contributed by atoms with Gasteiger partial charge in [0.15, 0.2) is 10.7 Å². The number of hydrogen-bond donors (Lipinski definition) is 2. The smallest absolute Gasteiger partial charge is 0.503 e. The molecule has 2 fully saturated rings. The number of carboxylic acids is 1. The summed E-state index contributed by atoms with van der Waals surface area (Å²) in [5, 5.41) is 28.6. The third-order valence-corrected chi connectivity index (χ3v) is 5.77. The lowest BCUT2D eigenvalue weighted by Gasteiger charge is -2.28. The molecule has 154 valence electrons. The van der Waals surface area contributed by atoms with Crippen LogP contribution in [0.1, 0.15) is 50.4 Å². The second kappa shape index (κ2) is 7.15. The summed E-state index contributed by atoms with van der Waals surface area (Å²) in [6.07, 6.45) is 3.02. The van der Waals surface area contributed by atoms with Crippen LogP contribution in [0.25, 0.3) is 4.98 Å². The van der Waals surface area contributed by atoms with E-state index in [0.717, 1.165) is 19.3 Å². The van der Waals surface area contributed by atoms with Crippen molar-refractivity contribution < 1.29 is 37.0 Å². The Bertz CT molecular complexity index is 819. The molecule has 2 aliphatic carbocycles. The second-order valence-corrected chi connectivity index (χ2v) is 7.86. The molecule has 2 aliphatic rings. The molecular weight excluding hydrogens is 383 g/mol. The van der Waals surface area contributed by atoms with Crippen LogP contribution < -0.4 is 4.74 Å². The molecule has 11 heteroatoms. The number of phenols is 1. The number of halogens is 4. The fourth-order valence-electron chi connectivity index (χ4n) is 4.33. The van der Waals surface area contributed by atoms with E-state index in [2.05, 4.69) is 25.7 Å². The molecule has 3 atom stereocenters. The first-order chi connectivity index (χ1) is 12.7. The molecule has 1 aromatic carbocycles. The van der Waals surface area contributed by atoms with Crippen LogP contribution >= 0.6 is 0 Å². The molecule has 0 amide bonds. The molecule has 0 bridgehead atoms. The first-order valence-corrected chi connectivity index (χ1v) is 8.75. The van der Waals surface area contributed by atoms with E-state index >= 15 is 0 Å². The van der Waals surface area contributed by atoms with Crippen molar-refractivity contribution in [2.45, 2.75) is 45.6 Å². The Hall–Kier alpha value is -2.51. The van der Waals surface area contributed by atoms with Crippen LogP contribution in [0.15, 0.2) is 12.1 Å². The molecular formula is C17H21BF4N2O4. The average Bonchev–Trinajstić information content (AvgIpc) is 3.01. The zero-order chi connectivity index (χ0) is 21.5. The van der Waals surface area contributed by atoms with E-state index in [1.807, 2.05) is 0 Å². The fraction of sp³-hybridized carbons (Fsp3) is 0.588. The third kappa shape index (κ3) is 4.00. The molecule has 0 saturated heterocycles. The Morgan fingerprint density at radius 3 is 2.36 bits per heavy atom. The van der Waals surface area contributed by atoms with Gasteiger partial charge >= 0.3 is 18.9 Å². The number of carboxylic acid groups (broad SMARTS) is 1. The zero-order valence-electron chi connectivity index (χ0n) is 15.6. The van der Waals surface area contributed by atoms with Gasteiger partial charge in [-0.15, -0.1) is 0 Å². The maximum Gasteiger partial charge on any atom is 0.673 e. The van der Waals surface area contributed by atoms with Crippen molar-refractivity contribution in [2.75, 3.05) is 0 Å². The number of carbonyl (C=O) groups is 1. The van der Waals surface area contributed by atoms with E-state index in [4.69, 9.17) is 10.1 Å². The van der Waals surface area contributed by atoms with Crippen LogP contribution in [0.5, 0.6) is 11.5 Å². The van der Waals surface area contributed by atoms with Gasteiger partial charge in [0, 0.05) is 17.4 Å². The lowest BCUT2D eigenvalue weighted by Crippen LogP contribution is -2.31. The van der Waals surface area contributed by atoms with Gasteiger partial charge in [0.05, 0.1) is 0 Å². The van der Waals surface area contributed by atoms with Crippen LogP contribution in [-0.2, 0) is 0 Å². The maximum absolute atomic E-state index is 11.2. The normalized spacial score (nSPS) is 27.5. The molecule has 2 saturated carbocycles.